The monoisotopic (exact) mass is 140 g/mol. The van der Waals surface area contributed by atoms with Gasteiger partial charge in [-0.05, 0) is 12.3 Å². The van der Waals surface area contributed by atoms with Crippen LogP contribution in [0.1, 0.15) is 20.3 Å². The molecule has 0 aliphatic heterocycles. The molecule has 0 spiro atoms. The smallest absolute Gasteiger partial charge is 0.384 e. The lowest BCUT2D eigenvalue weighted by Crippen LogP contribution is -2.04. The second-order valence-electron chi connectivity index (χ2n) is 2.46. The average Bonchev–Trinajstić information content (AvgIpc) is 1.87. The topological polar surface area (TPSA) is 26.3 Å². The van der Waals surface area contributed by atoms with Gasteiger partial charge in [-0.25, -0.2) is 4.79 Å². The van der Waals surface area contributed by atoms with Crippen LogP contribution in [0.5, 0.6) is 0 Å². The minimum atomic E-state index is -0.569. The molecule has 0 bridgehead atoms. The van der Waals surface area contributed by atoms with E-state index in [9.17, 15) is 4.79 Å². The SMILES string of the molecule is C#CC(=O)OCCC(C)C. The quantitative estimate of drug-likeness (QED) is 0.334. The van der Waals surface area contributed by atoms with Crippen LogP contribution in [-0.4, -0.2) is 12.6 Å². The largest absolute Gasteiger partial charge is 0.456 e. The van der Waals surface area contributed by atoms with Crippen molar-refractivity contribution >= 4 is 5.97 Å². The minimum absolute atomic E-state index is 0.431. The Balaban J connectivity index is 3.22. The first kappa shape index (κ1) is 9.03. The highest BCUT2D eigenvalue weighted by Crippen LogP contribution is 1.98. The summed E-state index contributed by atoms with van der Waals surface area (Å²) in [6, 6.07) is 0. The number of carbonyl (C=O) groups is 1. The van der Waals surface area contributed by atoms with Crippen LogP contribution in [-0.2, 0) is 9.53 Å². The molecule has 0 aromatic carbocycles. The number of terminal acetylenes is 1. The summed E-state index contributed by atoms with van der Waals surface area (Å²) in [7, 11) is 0. The van der Waals surface area contributed by atoms with Gasteiger partial charge < -0.3 is 4.74 Å². The van der Waals surface area contributed by atoms with Gasteiger partial charge in [0.2, 0.25) is 0 Å². The number of hydrogen-bond acceptors (Lipinski definition) is 2. The maximum absolute atomic E-state index is 10.3. The molecule has 0 rings (SSSR count). The van der Waals surface area contributed by atoms with Gasteiger partial charge in [0, 0.05) is 5.92 Å². The first-order valence-electron chi connectivity index (χ1n) is 3.30. The number of rotatable bonds is 3. The molecule has 0 radical (unpaired) electrons. The van der Waals surface area contributed by atoms with Crippen molar-refractivity contribution in [3.05, 3.63) is 0 Å². The van der Waals surface area contributed by atoms with Crippen molar-refractivity contribution in [1.82, 2.24) is 0 Å². The van der Waals surface area contributed by atoms with Crippen molar-refractivity contribution in [3.63, 3.8) is 0 Å². The highest BCUT2D eigenvalue weighted by Gasteiger charge is 1.97. The lowest BCUT2D eigenvalue weighted by Gasteiger charge is -2.02. The van der Waals surface area contributed by atoms with Gasteiger partial charge in [0.1, 0.15) is 0 Å². The third kappa shape index (κ3) is 5.17. The Labute approximate surface area is 61.6 Å². The van der Waals surface area contributed by atoms with Crippen LogP contribution in [0.15, 0.2) is 0 Å². The molecular formula is C8H12O2. The first-order chi connectivity index (χ1) is 4.66. The highest BCUT2D eigenvalue weighted by molar-refractivity contribution is 5.87. The van der Waals surface area contributed by atoms with E-state index in [-0.39, 0.29) is 0 Å². The van der Waals surface area contributed by atoms with Crippen LogP contribution in [0.4, 0.5) is 0 Å². The number of carbonyl (C=O) groups excluding carboxylic acids is 1. The Bertz CT molecular complexity index is 142. The summed E-state index contributed by atoms with van der Waals surface area (Å²) in [6.45, 7) is 4.55. The van der Waals surface area contributed by atoms with Gasteiger partial charge in [-0.15, -0.1) is 6.42 Å². The van der Waals surface area contributed by atoms with E-state index in [4.69, 9.17) is 6.42 Å². The Kier molecular flexibility index (Phi) is 4.39. The van der Waals surface area contributed by atoms with Gasteiger partial charge >= 0.3 is 5.97 Å². The van der Waals surface area contributed by atoms with Gasteiger partial charge in [0.15, 0.2) is 0 Å². The van der Waals surface area contributed by atoms with Gasteiger partial charge in [-0.3, -0.25) is 0 Å². The fourth-order valence-electron chi connectivity index (χ4n) is 0.429. The van der Waals surface area contributed by atoms with Gasteiger partial charge in [-0.1, -0.05) is 13.8 Å². The Morgan fingerprint density at radius 2 is 2.30 bits per heavy atom. The van der Waals surface area contributed by atoms with Crippen LogP contribution >= 0.6 is 0 Å². The van der Waals surface area contributed by atoms with E-state index in [1.165, 1.54) is 0 Å². The van der Waals surface area contributed by atoms with E-state index in [2.05, 4.69) is 18.6 Å². The predicted molar refractivity (Wildman–Crippen MR) is 39.2 cm³/mol. The molecule has 56 valence electrons. The Hall–Kier alpha value is -0.970. The molecule has 0 amide bonds. The van der Waals surface area contributed by atoms with Crippen LogP contribution in [0.25, 0.3) is 0 Å². The van der Waals surface area contributed by atoms with Crippen molar-refractivity contribution in [1.29, 1.82) is 0 Å². The Morgan fingerprint density at radius 3 is 2.70 bits per heavy atom. The molecule has 0 atom stereocenters. The molecular weight excluding hydrogens is 128 g/mol. The normalized spacial score (nSPS) is 9.00. The molecule has 0 fully saturated rings. The number of hydrogen-bond donors (Lipinski definition) is 0. The highest BCUT2D eigenvalue weighted by atomic mass is 16.5. The zero-order chi connectivity index (χ0) is 7.98. The van der Waals surface area contributed by atoms with Gasteiger partial charge in [-0.2, -0.15) is 0 Å². The van der Waals surface area contributed by atoms with Crippen molar-refractivity contribution in [3.8, 4) is 12.3 Å². The predicted octanol–water partition coefficient (Wildman–Crippen LogP) is 1.21. The fourth-order valence-corrected chi connectivity index (χ4v) is 0.429. The van der Waals surface area contributed by atoms with Crippen molar-refractivity contribution in [2.75, 3.05) is 6.61 Å². The molecule has 2 nitrogen and oxygen atoms in total. The summed E-state index contributed by atoms with van der Waals surface area (Å²) >= 11 is 0. The van der Waals surface area contributed by atoms with Gasteiger partial charge in [0.05, 0.1) is 6.61 Å². The lowest BCUT2D eigenvalue weighted by molar-refractivity contribution is -0.136. The van der Waals surface area contributed by atoms with E-state index in [0.717, 1.165) is 6.42 Å². The fraction of sp³-hybridized carbons (Fsp3) is 0.625. The summed E-state index contributed by atoms with van der Waals surface area (Å²) in [6.07, 6.45) is 5.63. The molecule has 0 N–H and O–H groups in total. The molecule has 0 aliphatic carbocycles. The molecule has 0 heterocycles. The molecule has 0 aliphatic rings. The maximum atomic E-state index is 10.3. The van der Waals surface area contributed by atoms with E-state index < -0.39 is 5.97 Å². The molecule has 0 aromatic heterocycles. The van der Waals surface area contributed by atoms with E-state index in [0.29, 0.717) is 12.5 Å². The van der Waals surface area contributed by atoms with E-state index >= 15 is 0 Å². The minimum Gasteiger partial charge on any atom is -0.456 e. The average molecular weight is 140 g/mol. The summed E-state index contributed by atoms with van der Waals surface area (Å²) in [5.41, 5.74) is 0. The molecule has 0 aromatic rings. The summed E-state index contributed by atoms with van der Waals surface area (Å²) < 4.78 is 4.63. The van der Waals surface area contributed by atoms with Crippen LogP contribution in [0.2, 0.25) is 0 Å². The summed E-state index contributed by atoms with van der Waals surface area (Å²) in [5.74, 6) is 1.86. The van der Waals surface area contributed by atoms with Gasteiger partial charge in [0.25, 0.3) is 0 Å². The standard InChI is InChI=1S/C8H12O2/c1-4-8(9)10-6-5-7(2)3/h1,7H,5-6H2,2-3H3. The van der Waals surface area contributed by atoms with E-state index in [1.54, 1.807) is 0 Å². The lowest BCUT2D eigenvalue weighted by atomic mass is 10.1. The molecule has 0 saturated carbocycles. The third-order valence-corrected chi connectivity index (χ3v) is 1.05. The second kappa shape index (κ2) is 4.87. The molecule has 10 heavy (non-hydrogen) atoms. The van der Waals surface area contributed by atoms with Crippen LogP contribution < -0.4 is 0 Å². The molecule has 0 saturated heterocycles. The zero-order valence-corrected chi connectivity index (χ0v) is 6.39. The number of esters is 1. The molecule has 0 unspecified atom stereocenters. The van der Waals surface area contributed by atoms with E-state index in [1.807, 2.05) is 5.92 Å². The summed E-state index contributed by atoms with van der Waals surface area (Å²) in [4.78, 5) is 10.3. The maximum Gasteiger partial charge on any atom is 0.384 e. The van der Waals surface area contributed by atoms with Crippen molar-refractivity contribution in [2.45, 2.75) is 20.3 Å². The zero-order valence-electron chi connectivity index (χ0n) is 6.39. The summed E-state index contributed by atoms with van der Waals surface area (Å²) in [5, 5.41) is 0. The number of ether oxygens (including phenoxy) is 1. The van der Waals surface area contributed by atoms with Crippen LogP contribution in [0.3, 0.4) is 0 Å². The van der Waals surface area contributed by atoms with Crippen molar-refractivity contribution < 1.29 is 9.53 Å². The molecule has 2 heteroatoms. The first-order valence-corrected chi connectivity index (χ1v) is 3.30. The second-order valence-corrected chi connectivity index (χ2v) is 2.46. The third-order valence-electron chi connectivity index (χ3n) is 1.05. The van der Waals surface area contributed by atoms with Crippen molar-refractivity contribution in [2.24, 2.45) is 5.92 Å². The Morgan fingerprint density at radius 1 is 1.70 bits per heavy atom. The van der Waals surface area contributed by atoms with Crippen LogP contribution in [0, 0.1) is 18.3 Å².